The van der Waals surface area contributed by atoms with Crippen molar-refractivity contribution in [1.29, 1.82) is 0 Å². The number of hydrogen-bond donors (Lipinski definition) is 1. The van der Waals surface area contributed by atoms with Crippen LogP contribution in [0.25, 0.3) is 0 Å². The van der Waals surface area contributed by atoms with E-state index in [2.05, 4.69) is 39.6 Å². The highest BCUT2D eigenvalue weighted by Gasteiger charge is 2.42. The quantitative estimate of drug-likeness (QED) is 0.798. The van der Waals surface area contributed by atoms with Crippen molar-refractivity contribution in [3.05, 3.63) is 0 Å². The van der Waals surface area contributed by atoms with E-state index in [0.717, 1.165) is 6.54 Å². The van der Waals surface area contributed by atoms with E-state index in [4.69, 9.17) is 5.73 Å². The molecule has 2 N–H and O–H groups in total. The van der Waals surface area contributed by atoms with Gasteiger partial charge in [0.1, 0.15) is 0 Å². The van der Waals surface area contributed by atoms with Gasteiger partial charge in [0.2, 0.25) is 0 Å². The molecule has 1 rings (SSSR count). The van der Waals surface area contributed by atoms with Crippen LogP contribution in [0.5, 0.6) is 0 Å². The lowest BCUT2D eigenvalue weighted by Crippen LogP contribution is -2.58. The molecule has 1 aliphatic rings. The molecular weight excluding hydrogens is 208 g/mol. The monoisotopic (exact) mass is 240 g/mol. The van der Waals surface area contributed by atoms with Crippen LogP contribution in [0, 0.1) is 5.41 Å². The molecule has 2 heteroatoms. The first-order valence-electron chi connectivity index (χ1n) is 7.30. The van der Waals surface area contributed by atoms with Crippen LogP contribution < -0.4 is 5.73 Å². The smallest absolute Gasteiger partial charge is 0.0336 e. The Labute approximate surface area is 108 Å². The van der Waals surface area contributed by atoms with Gasteiger partial charge in [-0.1, -0.05) is 33.6 Å². The molecule has 0 aromatic rings. The molecule has 0 amide bonds. The standard InChI is InChI=1S/C15H32N2/c1-6-8-13(2)17(5)15(12-16)10-7-9-14(3,4)11-15/h13H,6-12,16H2,1-5H3. The summed E-state index contributed by atoms with van der Waals surface area (Å²) in [6.07, 6.45) is 7.74. The molecular formula is C15H32N2. The molecule has 102 valence electrons. The molecule has 0 aromatic carbocycles. The van der Waals surface area contributed by atoms with Gasteiger partial charge in [-0.2, -0.15) is 0 Å². The lowest BCUT2D eigenvalue weighted by atomic mass is 9.67. The second-order valence-electron chi connectivity index (χ2n) is 6.87. The van der Waals surface area contributed by atoms with Crippen LogP contribution in [-0.2, 0) is 0 Å². The van der Waals surface area contributed by atoms with E-state index in [-0.39, 0.29) is 5.54 Å². The second-order valence-corrected chi connectivity index (χ2v) is 6.87. The van der Waals surface area contributed by atoms with Gasteiger partial charge in [0.25, 0.3) is 0 Å². The van der Waals surface area contributed by atoms with Crippen LogP contribution >= 0.6 is 0 Å². The molecule has 2 unspecified atom stereocenters. The van der Waals surface area contributed by atoms with Crippen molar-refractivity contribution >= 4 is 0 Å². The fraction of sp³-hybridized carbons (Fsp3) is 1.00. The minimum absolute atomic E-state index is 0.246. The Morgan fingerprint density at radius 2 is 1.94 bits per heavy atom. The molecule has 0 aromatic heterocycles. The summed E-state index contributed by atoms with van der Waals surface area (Å²) >= 11 is 0. The predicted octanol–water partition coefficient (Wildman–Crippen LogP) is 3.40. The van der Waals surface area contributed by atoms with Gasteiger partial charge in [0.15, 0.2) is 0 Å². The van der Waals surface area contributed by atoms with Crippen molar-refractivity contribution < 1.29 is 0 Å². The summed E-state index contributed by atoms with van der Waals surface area (Å²) in [4.78, 5) is 2.58. The zero-order valence-corrected chi connectivity index (χ0v) is 12.6. The average Bonchev–Trinajstić information content (AvgIpc) is 2.26. The Hall–Kier alpha value is -0.0800. The Kier molecular flexibility index (Phi) is 5.03. The van der Waals surface area contributed by atoms with E-state index in [1.807, 2.05) is 0 Å². The first kappa shape index (κ1) is 15.0. The summed E-state index contributed by atoms with van der Waals surface area (Å²) in [7, 11) is 2.29. The maximum absolute atomic E-state index is 6.15. The third-order valence-electron chi connectivity index (χ3n) is 4.80. The maximum atomic E-state index is 6.15. The molecule has 0 bridgehead atoms. The number of hydrogen-bond acceptors (Lipinski definition) is 2. The topological polar surface area (TPSA) is 29.3 Å². The zero-order valence-electron chi connectivity index (χ0n) is 12.6. The highest BCUT2D eigenvalue weighted by Crippen LogP contribution is 2.43. The van der Waals surface area contributed by atoms with Crippen molar-refractivity contribution in [2.24, 2.45) is 11.1 Å². The lowest BCUT2D eigenvalue weighted by Gasteiger charge is -2.51. The SMILES string of the molecule is CCCC(C)N(C)C1(CN)CCCC(C)(C)C1. The number of rotatable bonds is 5. The van der Waals surface area contributed by atoms with Gasteiger partial charge in [0, 0.05) is 18.1 Å². The fourth-order valence-electron chi connectivity index (χ4n) is 3.66. The maximum Gasteiger partial charge on any atom is 0.0336 e. The van der Waals surface area contributed by atoms with E-state index >= 15 is 0 Å². The minimum atomic E-state index is 0.246. The highest BCUT2D eigenvalue weighted by molar-refractivity contribution is 4.99. The van der Waals surface area contributed by atoms with E-state index < -0.39 is 0 Å². The lowest BCUT2D eigenvalue weighted by molar-refractivity contribution is 0.00248. The van der Waals surface area contributed by atoms with Gasteiger partial charge in [-0.05, 0) is 45.1 Å². The largest absolute Gasteiger partial charge is 0.329 e. The molecule has 0 spiro atoms. The first-order valence-corrected chi connectivity index (χ1v) is 7.30. The molecule has 1 fully saturated rings. The van der Waals surface area contributed by atoms with Gasteiger partial charge in [-0.25, -0.2) is 0 Å². The van der Waals surface area contributed by atoms with Crippen LogP contribution in [0.2, 0.25) is 0 Å². The van der Waals surface area contributed by atoms with Gasteiger partial charge in [-0.15, -0.1) is 0 Å². The van der Waals surface area contributed by atoms with Crippen LogP contribution in [-0.4, -0.2) is 30.1 Å². The summed E-state index contributed by atoms with van der Waals surface area (Å²) in [5, 5.41) is 0. The highest BCUT2D eigenvalue weighted by atomic mass is 15.2. The van der Waals surface area contributed by atoms with E-state index in [1.165, 1.54) is 38.5 Å². The van der Waals surface area contributed by atoms with Crippen LogP contribution in [0.1, 0.15) is 66.2 Å². The number of nitrogens with zero attached hydrogens (tertiary/aromatic N) is 1. The average molecular weight is 240 g/mol. The van der Waals surface area contributed by atoms with Gasteiger partial charge >= 0.3 is 0 Å². The Morgan fingerprint density at radius 3 is 2.41 bits per heavy atom. The minimum Gasteiger partial charge on any atom is -0.329 e. The summed E-state index contributed by atoms with van der Waals surface area (Å²) in [5.74, 6) is 0. The van der Waals surface area contributed by atoms with Gasteiger partial charge < -0.3 is 5.73 Å². The summed E-state index contributed by atoms with van der Waals surface area (Å²) in [6, 6.07) is 0.650. The molecule has 1 aliphatic carbocycles. The van der Waals surface area contributed by atoms with E-state index in [1.54, 1.807) is 0 Å². The summed E-state index contributed by atoms with van der Waals surface area (Å²) in [5.41, 5.74) is 6.86. The number of nitrogens with two attached hydrogens (primary N) is 1. The molecule has 2 atom stereocenters. The van der Waals surface area contributed by atoms with Crippen LogP contribution in [0.4, 0.5) is 0 Å². The number of likely N-dealkylation sites (N-methyl/N-ethyl adjacent to an activating group) is 1. The van der Waals surface area contributed by atoms with Crippen LogP contribution in [0.15, 0.2) is 0 Å². The van der Waals surface area contributed by atoms with Crippen molar-refractivity contribution in [1.82, 2.24) is 4.90 Å². The predicted molar refractivity (Wildman–Crippen MR) is 76.2 cm³/mol. The van der Waals surface area contributed by atoms with Crippen molar-refractivity contribution in [2.75, 3.05) is 13.6 Å². The summed E-state index contributed by atoms with van der Waals surface area (Å²) < 4.78 is 0. The molecule has 0 radical (unpaired) electrons. The summed E-state index contributed by atoms with van der Waals surface area (Å²) in [6.45, 7) is 10.2. The Balaban J connectivity index is 2.80. The van der Waals surface area contributed by atoms with Crippen molar-refractivity contribution in [3.63, 3.8) is 0 Å². The molecule has 0 heterocycles. The van der Waals surface area contributed by atoms with Gasteiger partial charge in [-0.3, -0.25) is 4.90 Å². The second kappa shape index (κ2) is 5.71. The molecule has 1 saturated carbocycles. The first-order chi connectivity index (χ1) is 7.87. The normalized spacial score (nSPS) is 30.5. The molecule has 17 heavy (non-hydrogen) atoms. The Bertz CT molecular complexity index is 237. The fourth-order valence-corrected chi connectivity index (χ4v) is 3.66. The molecule has 2 nitrogen and oxygen atoms in total. The van der Waals surface area contributed by atoms with Gasteiger partial charge in [0.05, 0.1) is 0 Å². The van der Waals surface area contributed by atoms with E-state index in [9.17, 15) is 0 Å². The van der Waals surface area contributed by atoms with E-state index in [0.29, 0.717) is 11.5 Å². The third-order valence-corrected chi connectivity index (χ3v) is 4.80. The zero-order chi connectivity index (χ0) is 13.1. The molecule has 0 aliphatic heterocycles. The Morgan fingerprint density at radius 1 is 1.29 bits per heavy atom. The van der Waals surface area contributed by atoms with Crippen LogP contribution in [0.3, 0.4) is 0 Å². The van der Waals surface area contributed by atoms with Crippen molar-refractivity contribution in [2.45, 2.75) is 77.8 Å². The third kappa shape index (κ3) is 3.45. The van der Waals surface area contributed by atoms with Crippen molar-refractivity contribution in [3.8, 4) is 0 Å². The molecule has 0 saturated heterocycles.